The molecule has 0 N–H and O–H groups in total. The molecule has 1 heterocycles. The monoisotopic (exact) mass is 265 g/mol. The number of hydrogen-bond acceptors (Lipinski definition) is 1. The lowest BCUT2D eigenvalue weighted by Crippen LogP contribution is -2.34. The van der Waals surface area contributed by atoms with Crippen LogP contribution in [0.5, 0.6) is 0 Å². The topological polar surface area (TPSA) is 3.24 Å². The fourth-order valence-electron chi connectivity index (χ4n) is 2.62. The van der Waals surface area contributed by atoms with E-state index >= 15 is 0 Å². The molecule has 1 nitrogen and oxygen atoms in total. The van der Waals surface area contributed by atoms with Crippen LogP contribution in [0, 0.1) is 5.92 Å². The molecule has 1 atom stereocenters. The predicted octanol–water partition coefficient (Wildman–Crippen LogP) is 5.78. The second-order valence-electron chi connectivity index (χ2n) is 5.29. The van der Waals surface area contributed by atoms with E-state index in [2.05, 4.69) is 37.8 Å². The number of rotatable bonds is 1. The van der Waals surface area contributed by atoms with E-state index in [0.717, 1.165) is 5.92 Å². The highest BCUT2D eigenvalue weighted by atomic mass is 15.2. The summed E-state index contributed by atoms with van der Waals surface area (Å²) in [6.07, 6.45) is 10.1. The van der Waals surface area contributed by atoms with Gasteiger partial charge in [-0.05, 0) is 51.0 Å². The van der Waals surface area contributed by atoms with Gasteiger partial charge in [0, 0.05) is 18.3 Å². The third-order valence-electron chi connectivity index (χ3n) is 3.59. The molecule has 2 rings (SSSR count). The van der Waals surface area contributed by atoms with E-state index in [1.807, 2.05) is 27.7 Å². The lowest BCUT2D eigenvalue weighted by molar-refractivity contribution is 0.265. The smallest absolute Gasteiger partial charge is 0.0357 e. The van der Waals surface area contributed by atoms with Crippen LogP contribution in [-0.2, 0) is 0 Å². The van der Waals surface area contributed by atoms with Gasteiger partial charge in [0.25, 0.3) is 0 Å². The molecule has 1 heteroatoms. The molecule has 0 aromatic rings. The Kier molecular flexibility index (Phi) is 9.73. The summed E-state index contributed by atoms with van der Waals surface area (Å²) in [5.74, 6) is 0.824. The maximum atomic E-state index is 2.58. The molecule has 0 aromatic heterocycles. The van der Waals surface area contributed by atoms with Gasteiger partial charge in [-0.1, -0.05) is 46.8 Å². The molecule has 0 amide bonds. The summed E-state index contributed by atoms with van der Waals surface area (Å²) >= 11 is 0. The molecule has 2 aliphatic rings. The molecule has 1 saturated heterocycles. The van der Waals surface area contributed by atoms with Crippen molar-refractivity contribution in [3.63, 3.8) is 0 Å². The summed E-state index contributed by atoms with van der Waals surface area (Å²) in [5, 5.41) is 0. The van der Waals surface area contributed by atoms with Crippen molar-refractivity contribution in [3.05, 3.63) is 23.4 Å². The second-order valence-corrected chi connectivity index (χ2v) is 5.29. The van der Waals surface area contributed by atoms with E-state index in [1.165, 1.54) is 32.2 Å². The summed E-state index contributed by atoms with van der Waals surface area (Å²) in [6, 6.07) is 0.647. The average Bonchev–Trinajstić information content (AvgIpc) is 2.65. The van der Waals surface area contributed by atoms with E-state index in [-0.39, 0.29) is 0 Å². The van der Waals surface area contributed by atoms with Crippen molar-refractivity contribution >= 4 is 0 Å². The first-order valence-electron chi connectivity index (χ1n) is 8.34. The van der Waals surface area contributed by atoms with Crippen molar-refractivity contribution in [2.24, 2.45) is 5.92 Å². The molecule has 0 bridgehead atoms. The lowest BCUT2D eigenvalue weighted by atomic mass is 9.98. The SMILES string of the molecule is CC.CC.CC1CC=C2CCCN(C(C)C)C2=CC1. The van der Waals surface area contributed by atoms with Crippen molar-refractivity contribution < 1.29 is 0 Å². The number of piperidine rings is 1. The van der Waals surface area contributed by atoms with E-state index in [4.69, 9.17) is 0 Å². The van der Waals surface area contributed by atoms with Crippen LogP contribution in [0.15, 0.2) is 23.4 Å². The van der Waals surface area contributed by atoms with Crippen LogP contribution in [0.4, 0.5) is 0 Å². The summed E-state index contributed by atoms with van der Waals surface area (Å²) in [7, 11) is 0. The minimum atomic E-state index is 0.647. The Morgan fingerprint density at radius 2 is 1.63 bits per heavy atom. The summed E-state index contributed by atoms with van der Waals surface area (Å²) in [6.45, 7) is 16.2. The zero-order valence-electron chi connectivity index (χ0n) is 14.3. The fraction of sp³-hybridized carbons (Fsp3) is 0.778. The molecule has 1 fully saturated rings. The van der Waals surface area contributed by atoms with Crippen LogP contribution < -0.4 is 0 Å². The zero-order chi connectivity index (χ0) is 14.8. The highest BCUT2D eigenvalue weighted by Gasteiger charge is 2.22. The van der Waals surface area contributed by atoms with Crippen LogP contribution in [0.25, 0.3) is 0 Å². The quantitative estimate of drug-likeness (QED) is 0.580. The molecule has 0 radical (unpaired) electrons. The molecule has 1 aliphatic carbocycles. The maximum Gasteiger partial charge on any atom is 0.0357 e. The van der Waals surface area contributed by atoms with Gasteiger partial charge in [0.15, 0.2) is 0 Å². The third kappa shape index (κ3) is 5.42. The largest absolute Gasteiger partial charge is 0.369 e. The van der Waals surface area contributed by atoms with Crippen LogP contribution in [-0.4, -0.2) is 17.5 Å². The van der Waals surface area contributed by atoms with E-state index in [9.17, 15) is 0 Å². The standard InChI is InChI=1S/C14H23N.2C2H6/c1-11(2)15-10-4-5-13-8-6-12(3)7-9-14(13)15;2*1-2/h8-9,11-12H,4-7,10H2,1-3H3;2*1-2H3. The van der Waals surface area contributed by atoms with E-state index < -0.39 is 0 Å². The summed E-state index contributed by atoms with van der Waals surface area (Å²) in [4.78, 5) is 2.58. The van der Waals surface area contributed by atoms with Gasteiger partial charge >= 0.3 is 0 Å². The number of hydrogen-bond donors (Lipinski definition) is 0. The Morgan fingerprint density at radius 1 is 1.05 bits per heavy atom. The van der Waals surface area contributed by atoms with Gasteiger partial charge in [0.1, 0.15) is 0 Å². The number of allylic oxidation sites excluding steroid dienone is 3. The fourth-order valence-corrected chi connectivity index (χ4v) is 2.62. The summed E-state index contributed by atoms with van der Waals surface area (Å²) in [5.41, 5.74) is 3.15. The molecule has 0 spiro atoms. The third-order valence-corrected chi connectivity index (χ3v) is 3.59. The number of nitrogens with zero attached hydrogens (tertiary/aromatic N) is 1. The van der Waals surface area contributed by atoms with Gasteiger partial charge in [-0.2, -0.15) is 0 Å². The minimum Gasteiger partial charge on any atom is -0.369 e. The lowest BCUT2D eigenvalue weighted by Gasteiger charge is -2.36. The van der Waals surface area contributed by atoms with Gasteiger partial charge in [-0.15, -0.1) is 0 Å². The molecule has 112 valence electrons. The maximum absolute atomic E-state index is 2.58. The highest BCUT2D eigenvalue weighted by Crippen LogP contribution is 2.32. The predicted molar refractivity (Wildman–Crippen MR) is 88.3 cm³/mol. The van der Waals surface area contributed by atoms with Crippen LogP contribution in [0.3, 0.4) is 0 Å². The van der Waals surface area contributed by atoms with E-state index in [1.54, 1.807) is 11.3 Å². The molecule has 19 heavy (non-hydrogen) atoms. The Labute approximate surface area is 121 Å². The molecule has 1 aliphatic heterocycles. The van der Waals surface area contributed by atoms with Gasteiger partial charge in [0.05, 0.1) is 0 Å². The first-order chi connectivity index (χ1) is 9.18. The Bertz CT molecular complexity index is 286. The Balaban J connectivity index is 0.000000741. The van der Waals surface area contributed by atoms with Crippen LogP contribution in [0.1, 0.15) is 74.1 Å². The molecular formula is C18H35N. The number of fused-ring (bicyclic) bond motifs is 1. The first-order valence-corrected chi connectivity index (χ1v) is 8.34. The van der Waals surface area contributed by atoms with Gasteiger partial charge in [0.2, 0.25) is 0 Å². The van der Waals surface area contributed by atoms with E-state index in [0.29, 0.717) is 6.04 Å². The molecular weight excluding hydrogens is 230 g/mol. The zero-order valence-corrected chi connectivity index (χ0v) is 14.3. The average molecular weight is 265 g/mol. The van der Waals surface area contributed by atoms with Crippen molar-refractivity contribution in [3.8, 4) is 0 Å². The van der Waals surface area contributed by atoms with Crippen molar-refractivity contribution in [2.45, 2.75) is 80.2 Å². The highest BCUT2D eigenvalue weighted by molar-refractivity contribution is 5.33. The van der Waals surface area contributed by atoms with Crippen molar-refractivity contribution in [1.82, 2.24) is 4.90 Å². The molecule has 0 saturated carbocycles. The minimum absolute atomic E-state index is 0.647. The van der Waals surface area contributed by atoms with Crippen LogP contribution >= 0.6 is 0 Å². The number of likely N-dealkylation sites (tertiary alicyclic amines) is 1. The van der Waals surface area contributed by atoms with Crippen molar-refractivity contribution in [1.29, 1.82) is 0 Å². The molecule has 1 unspecified atom stereocenters. The van der Waals surface area contributed by atoms with Gasteiger partial charge in [-0.25, -0.2) is 0 Å². The van der Waals surface area contributed by atoms with Crippen molar-refractivity contribution in [2.75, 3.05) is 6.54 Å². The van der Waals surface area contributed by atoms with Crippen LogP contribution in [0.2, 0.25) is 0 Å². The second kappa shape index (κ2) is 10.1. The Morgan fingerprint density at radius 3 is 2.21 bits per heavy atom. The normalized spacial score (nSPS) is 21.9. The van der Waals surface area contributed by atoms with Gasteiger partial charge < -0.3 is 4.90 Å². The first kappa shape index (κ1) is 18.3. The summed E-state index contributed by atoms with van der Waals surface area (Å²) < 4.78 is 0. The molecule has 0 aromatic carbocycles. The Hall–Kier alpha value is -0.720. The van der Waals surface area contributed by atoms with Gasteiger partial charge in [-0.3, -0.25) is 0 Å².